The Morgan fingerprint density at radius 2 is 2.00 bits per heavy atom. The second kappa shape index (κ2) is 8.62. The molecule has 3 N–H and O–H groups in total. The highest BCUT2D eigenvalue weighted by molar-refractivity contribution is 6.05. The van der Waals surface area contributed by atoms with Gasteiger partial charge >= 0.3 is 6.03 Å². The van der Waals surface area contributed by atoms with Gasteiger partial charge < -0.3 is 15.7 Å². The summed E-state index contributed by atoms with van der Waals surface area (Å²) in [4.78, 5) is 37.7. The van der Waals surface area contributed by atoms with Gasteiger partial charge in [-0.2, -0.15) is 0 Å². The topological polar surface area (TPSA) is 98.7 Å². The van der Waals surface area contributed by atoms with Crippen molar-refractivity contribution < 1.29 is 19.5 Å². The molecule has 0 unspecified atom stereocenters. The Labute approximate surface area is 147 Å². The first kappa shape index (κ1) is 18.9. The lowest BCUT2D eigenvalue weighted by Crippen LogP contribution is -2.44. The maximum Gasteiger partial charge on any atom is 0.325 e. The molecule has 0 radical (unpaired) electrons. The third kappa shape index (κ3) is 4.79. The molecule has 2 rings (SSSR count). The number of aliphatic hydroxyl groups excluding tert-OH is 1. The quantitative estimate of drug-likeness (QED) is 0.612. The van der Waals surface area contributed by atoms with Gasteiger partial charge in [-0.3, -0.25) is 14.5 Å². The fourth-order valence-corrected chi connectivity index (χ4v) is 2.73. The summed E-state index contributed by atoms with van der Waals surface area (Å²) >= 11 is 0. The molecule has 1 aromatic carbocycles. The Kier molecular flexibility index (Phi) is 6.52. The smallest absolute Gasteiger partial charge is 0.325 e. The molecule has 1 fully saturated rings. The Balaban J connectivity index is 1.94. The van der Waals surface area contributed by atoms with Gasteiger partial charge in [0.15, 0.2) is 0 Å². The minimum atomic E-state index is -0.868. The number of hydrogen-bond acceptors (Lipinski definition) is 4. The highest BCUT2D eigenvalue weighted by Crippen LogP contribution is 2.14. The summed E-state index contributed by atoms with van der Waals surface area (Å²) in [6, 6.07) is 7.48. The van der Waals surface area contributed by atoms with Gasteiger partial charge in [0.1, 0.15) is 6.04 Å². The van der Waals surface area contributed by atoms with Gasteiger partial charge in [0.2, 0.25) is 5.91 Å². The Morgan fingerprint density at radius 1 is 1.32 bits per heavy atom. The van der Waals surface area contributed by atoms with Crippen molar-refractivity contribution >= 4 is 17.8 Å². The van der Waals surface area contributed by atoms with Crippen molar-refractivity contribution in [3.8, 4) is 0 Å². The molecule has 1 aliphatic heterocycles. The number of amides is 4. The molecule has 7 heteroatoms. The van der Waals surface area contributed by atoms with Gasteiger partial charge in [0, 0.05) is 0 Å². The molecule has 0 aliphatic carbocycles. The highest BCUT2D eigenvalue weighted by Gasteiger charge is 2.39. The van der Waals surface area contributed by atoms with E-state index in [9.17, 15) is 19.5 Å². The first-order valence-corrected chi connectivity index (χ1v) is 8.52. The predicted molar refractivity (Wildman–Crippen MR) is 92.4 cm³/mol. The molecular formula is C18H25N3O4. The Hall–Kier alpha value is -2.41. The molecule has 0 aromatic heterocycles. The minimum Gasteiger partial charge on any atom is -0.394 e. The number of carbonyl (C=O) groups is 3. The number of rotatable bonds is 8. The molecule has 0 spiro atoms. The largest absolute Gasteiger partial charge is 0.394 e. The highest BCUT2D eigenvalue weighted by atomic mass is 16.3. The van der Waals surface area contributed by atoms with Crippen LogP contribution in [-0.2, 0) is 16.1 Å². The number of nitrogens with zero attached hydrogens (tertiary/aromatic N) is 1. The minimum absolute atomic E-state index is 0.123. The van der Waals surface area contributed by atoms with Crippen molar-refractivity contribution in [3.05, 3.63) is 35.9 Å². The van der Waals surface area contributed by atoms with Crippen molar-refractivity contribution in [3.63, 3.8) is 0 Å². The van der Waals surface area contributed by atoms with Crippen LogP contribution in [0.3, 0.4) is 0 Å². The number of nitrogens with one attached hydrogen (secondary N) is 2. The van der Waals surface area contributed by atoms with Gasteiger partial charge in [-0.05, 0) is 11.5 Å². The summed E-state index contributed by atoms with van der Waals surface area (Å²) in [5.74, 6) is -0.648. The van der Waals surface area contributed by atoms with Gasteiger partial charge in [-0.15, -0.1) is 0 Å². The summed E-state index contributed by atoms with van der Waals surface area (Å²) in [5, 5.41) is 14.7. The Morgan fingerprint density at radius 3 is 2.60 bits per heavy atom. The number of benzene rings is 1. The second-order valence-corrected chi connectivity index (χ2v) is 6.36. The molecule has 3 atom stereocenters. The summed E-state index contributed by atoms with van der Waals surface area (Å²) in [7, 11) is 0. The van der Waals surface area contributed by atoms with E-state index in [1.807, 2.05) is 44.2 Å². The molecule has 0 saturated carbocycles. The average molecular weight is 347 g/mol. The van der Waals surface area contributed by atoms with E-state index < -0.39 is 18.0 Å². The van der Waals surface area contributed by atoms with E-state index in [0.717, 1.165) is 16.9 Å². The fourth-order valence-electron chi connectivity index (χ4n) is 2.73. The van der Waals surface area contributed by atoms with Crippen LogP contribution in [0.5, 0.6) is 0 Å². The van der Waals surface area contributed by atoms with E-state index >= 15 is 0 Å². The number of imide groups is 1. The maximum atomic E-state index is 12.4. The zero-order valence-electron chi connectivity index (χ0n) is 14.6. The van der Waals surface area contributed by atoms with Gasteiger partial charge in [-0.1, -0.05) is 50.6 Å². The molecule has 0 bridgehead atoms. The van der Waals surface area contributed by atoms with Crippen LogP contribution in [0, 0.1) is 5.92 Å². The summed E-state index contributed by atoms with van der Waals surface area (Å²) in [5.41, 5.74) is 0.841. The first-order chi connectivity index (χ1) is 12.0. The predicted octanol–water partition coefficient (Wildman–Crippen LogP) is 1.02. The van der Waals surface area contributed by atoms with Gasteiger partial charge in [0.25, 0.3) is 5.91 Å². The summed E-state index contributed by atoms with van der Waals surface area (Å²) in [6.45, 7) is 3.93. The van der Waals surface area contributed by atoms with E-state index in [1.165, 1.54) is 0 Å². The van der Waals surface area contributed by atoms with Crippen LogP contribution >= 0.6 is 0 Å². The van der Waals surface area contributed by atoms with Gasteiger partial charge in [-0.25, -0.2) is 4.79 Å². The van der Waals surface area contributed by atoms with Crippen LogP contribution in [0.25, 0.3) is 0 Å². The SMILES string of the molecule is CC[C@H](C)[C@H](CO)NC(=O)C[C@@H]1NC(=O)N(Cc2ccccc2)C1=O. The lowest BCUT2D eigenvalue weighted by molar-refractivity contribution is -0.131. The normalized spacial score (nSPS) is 19.5. The molecule has 136 valence electrons. The Bertz CT molecular complexity index is 620. The maximum absolute atomic E-state index is 12.4. The summed E-state index contributed by atoms with van der Waals surface area (Å²) in [6.07, 6.45) is 0.679. The van der Waals surface area contributed by atoms with E-state index in [2.05, 4.69) is 10.6 Å². The van der Waals surface area contributed by atoms with Crippen LogP contribution in [0.2, 0.25) is 0 Å². The first-order valence-electron chi connectivity index (χ1n) is 8.52. The molecular weight excluding hydrogens is 322 g/mol. The monoisotopic (exact) mass is 347 g/mol. The number of urea groups is 1. The standard InChI is InChI=1S/C18H25N3O4/c1-3-12(2)15(11-22)19-16(23)9-14-17(24)21(18(25)20-14)10-13-7-5-4-6-8-13/h4-8,12,14-15,22H,3,9-11H2,1-2H3,(H,19,23)(H,20,25)/t12-,14-,15-/m0/s1. The zero-order valence-corrected chi connectivity index (χ0v) is 14.6. The molecule has 25 heavy (non-hydrogen) atoms. The van der Waals surface area contributed by atoms with E-state index in [-0.39, 0.29) is 37.4 Å². The summed E-state index contributed by atoms with van der Waals surface area (Å²) < 4.78 is 0. The molecule has 1 heterocycles. The van der Waals surface area contributed by atoms with Crippen LogP contribution in [0.4, 0.5) is 4.79 Å². The van der Waals surface area contributed by atoms with Crippen molar-refractivity contribution in [2.75, 3.05) is 6.61 Å². The molecule has 1 saturated heterocycles. The molecule has 7 nitrogen and oxygen atoms in total. The average Bonchev–Trinajstić information content (AvgIpc) is 2.87. The lowest BCUT2D eigenvalue weighted by Gasteiger charge is -2.22. The second-order valence-electron chi connectivity index (χ2n) is 6.36. The fraction of sp³-hybridized carbons (Fsp3) is 0.500. The third-order valence-electron chi connectivity index (χ3n) is 4.55. The van der Waals surface area contributed by atoms with Crippen LogP contribution in [-0.4, -0.2) is 46.5 Å². The number of hydrogen-bond donors (Lipinski definition) is 3. The van der Waals surface area contributed by atoms with E-state index in [1.54, 1.807) is 0 Å². The van der Waals surface area contributed by atoms with Gasteiger partial charge in [0.05, 0.1) is 25.6 Å². The van der Waals surface area contributed by atoms with E-state index in [4.69, 9.17) is 0 Å². The van der Waals surface area contributed by atoms with Crippen molar-refractivity contribution in [1.82, 2.24) is 15.5 Å². The lowest BCUT2D eigenvalue weighted by atomic mass is 9.99. The van der Waals surface area contributed by atoms with Crippen molar-refractivity contribution in [2.45, 2.75) is 45.3 Å². The van der Waals surface area contributed by atoms with Crippen molar-refractivity contribution in [1.29, 1.82) is 0 Å². The molecule has 1 aliphatic rings. The van der Waals surface area contributed by atoms with Crippen LogP contribution in [0.15, 0.2) is 30.3 Å². The van der Waals surface area contributed by atoms with Crippen LogP contribution < -0.4 is 10.6 Å². The van der Waals surface area contributed by atoms with Crippen LogP contribution in [0.1, 0.15) is 32.3 Å². The van der Waals surface area contributed by atoms with Crippen molar-refractivity contribution in [2.24, 2.45) is 5.92 Å². The molecule has 4 amide bonds. The zero-order chi connectivity index (χ0) is 18.4. The third-order valence-corrected chi connectivity index (χ3v) is 4.55. The number of aliphatic hydroxyl groups is 1. The number of carbonyl (C=O) groups excluding carboxylic acids is 3. The molecule has 1 aromatic rings. The van der Waals surface area contributed by atoms with E-state index in [0.29, 0.717) is 0 Å².